The molecule has 2 amide bonds. The van der Waals surface area contributed by atoms with E-state index in [1.807, 2.05) is 37.3 Å². The third kappa shape index (κ3) is 4.63. The molecule has 0 aliphatic carbocycles. The van der Waals surface area contributed by atoms with Crippen molar-refractivity contribution >= 4 is 12.0 Å². The fraction of sp³-hybridized carbons (Fsp3) is 0.391. The molecule has 1 fully saturated rings. The van der Waals surface area contributed by atoms with Crippen LogP contribution in [0.3, 0.4) is 0 Å². The first-order valence-electron chi connectivity index (χ1n) is 10.0. The van der Waals surface area contributed by atoms with Gasteiger partial charge in [0.05, 0.1) is 11.6 Å². The number of amides is 2. The van der Waals surface area contributed by atoms with Gasteiger partial charge in [0.15, 0.2) is 0 Å². The van der Waals surface area contributed by atoms with E-state index in [2.05, 4.69) is 5.43 Å². The highest BCUT2D eigenvalue weighted by Crippen LogP contribution is 2.42. The Labute approximate surface area is 176 Å². The number of benzene rings is 2. The van der Waals surface area contributed by atoms with Crippen LogP contribution in [0.5, 0.6) is 0 Å². The normalized spacial score (nSPS) is 20.4. The molecule has 7 nitrogen and oxygen atoms in total. The standard InChI is InChI=1S/C23H29N3O4/c1-16(17-9-11-18(12-10-17)20(27)25-24)26-14-13-23(30-21(26)28,15-22(2,3)29)19-7-5-4-6-8-19/h4-12,16,29H,13-15,24H2,1-3H3,(H,25,27). The molecule has 2 unspecified atom stereocenters. The molecule has 0 radical (unpaired) electrons. The second-order valence-electron chi connectivity index (χ2n) is 8.43. The number of cyclic esters (lactones) is 1. The second-order valence-corrected chi connectivity index (χ2v) is 8.43. The fourth-order valence-electron chi connectivity index (χ4n) is 4.07. The van der Waals surface area contributed by atoms with Crippen LogP contribution in [0, 0.1) is 0 Å². The predicted octanol–water partition coefficient (Wildman–Crippen LogP) is 3.25. The van der Waals surface area contributed by atoms with Crippen LogP contribution in [0.25, 0.3) is 0 Å². The number of hydrogen-bond acceptors (Lipinski definition) is 5. The van der Waals surface area contributed by atoms with E-state index in [0.717, 1.165) is 11.1 Å². The second kappa shape index (κ2) is 8.45. The molecule has 1 saturated heterocycles. The van der Waals surface area contributed by atoms with Crippen molar-refractivity contribution in [2.45, 2.75) is 50.9 Å². The topological polar surface area (TPSA) is 105 Å². The lowest BCUT2D eigenvalue weighted by molar-refractivity contribution is -0.101. The van der Waals surface area contributed by atoms with E-state index in [9.17, 15) is 14.7 Å². The summed E-state index contributed by atoms with van der Waals surface area (Å²) in [7, 11) is 0. The number of hydrogen-bond donors (Lipinski definition) is 3. The van der Waals surface area contributed by atoms with Crippen molar-refractivity contribution in [3.63, 3.8) is 0 Å². The Morgan fingerprint density at radius 1 is 1.23 bits per heavy atom. The summed E-state index contributed by atoms with van der Waals surface area (Å²) in [6.07, 6.45) is 0.441. The summed E-state index contributed by atoms with van der Waals surface area (Å²) >= 11 is 0. The Bertz CT molecular complexity index is 893. The van der Waals surface area contributed by atoms with Crippen molar-refractivity contribution in [3.05, 3.63) is 71.3 Å². The minimum atomic E-state index is -0.997. The summed E-state index contributed by atoms with van der Waals surface area (Å²) in [6, 6.07) is 16.3. The Kier molecular flexibility index (Phi) is 6.14. The van der Waals surface area contributed by atoms with E-state index in [4.69, 9.17) is 10.6 Å². The van der Waals surface area contributed by atoms with Crippen molar-refractivity contribution in [1.29, 1.82) is 0 Å². The molecule has 2 aromatic carbocycles. The third-order valence-corrected chi connectivity index (χ3v) is 5.55. The van der Waals surface area contributed by atoms with Gasteiger partial charge in [-0.15, -0.1) is 0 Å². The molecule has 2 atom stereocenters. The van der Waals surface area contributed by atoms with E-state index in [-0.39, 0.29) is 11.9 Å². The smallest absolute Gasteiger partial charge is 0.411 e. The fourth-order valence-corrected chi connectivity index (χ4v) is 4.07. The first kappa shape index (κ1) is 21.8. The van der Waals surface area contributed by atoms with E-state index in [0.29, 0.717) is 24.9 Å². The highest BCUT2D eigenvalue weighted by Gasteiger charge is 2.46. The van der Waals surface area contributed by atoms with Gasteiger partial charge in [-0.2, -0.15) is 0 Å². The Morgan fingerprint density at radius 3 is 2.40 bits per heavy atom. The molecule has 4 N–H and O–H groups in total. The zero-order valence-corrected chi connectivity index (χ0v) is 17.6. The first-order chi connectivity index (χ1) is 14.1. The molecule has 7 heteroatoms. The van der Waals surface area contributed by atoms with Crippen LogP contribution in [-0.2, 0) is 10.3 Å². The molecule has 2 aromatic rings. The number of carbonyl (C=O) groups is 2. The Hall–Kier alpha value is -2.90. The highest BCUT2D eigenvalue weighted by atomic mass is 16.6. The average molecular weight is 412 g/mol. The SMILES string of the molecule is CC(c1ccc(C(=O)NN)cc1)N1CCC(CC(C)(C)O)(c2ccccc2)OC1=O. The number of nitrogens with zero attached hydrogens (tertiary/aromatic N) is 1. The van der Waals surface area contributed by atoms with Gasteiger partial charge in [0, 0.05) is 24.9 Å². The molecule has 0 saturated carbocycles. The number of aliphatic hydroxyl groups is 1. The Balaban J connectivity index is 1.81. The maximum Gasteiger partial charge on any atom is 0.411 e. The molecule has 160 valence electrons. The minimum absolute atomic E-state index is 0.233. The highest BCUT2D eigenvalue weighted by molar-refractivity contribution is 5.93. The number of rotatable bonds is 6. The average Bonchev–Trinajstić information content (AvgIpc) is 2.72. The molecular weight excluding hydrogens is 382 g/mol. The van der Waals surface area contributed by atoms with Crippen LogP contribution in [-0.4, -0.2) is 34.2 Å². The molecule has 1 aliphatic rings. The summed E-state index contributed by atoms with van der Waals surface area (Å²) in [4.78, 5) is 26.3. The summed E-state index contributed by atoms with van der Waals surface area (Å²) in [5, 5.41) is 10.5. The zero-order chi connectivity index (χ0) is 21.9. The van der Waals surface area contributed by atoms with Gasteiger partial charge in [0.1, 0.15) is 5.60 Å². The molecule has 0 spiro atoms. The molecule has 0 bridgehead atoms. The summed E-state index contributed by atoms with van der Waals surface area (Å²) in [5.74, 6) is 4.80. The van der Waals surface area contributed by atoms with Crippen molar-refractivity contribution in [2.24, 2.45) is 5.84 Å². The number of nitrogens with one attached hydrogen (secondary N) is 1. The maximum atomic E-state index is 13.0. The Morgan fingerprint density at radius 2 is 1.87 bits per heavy atom. The van der Waals surface area contributed by atoms with Crippen molar-refractivity contribution in [3.8, 4) is 0 Å². The van der Waals surface area contributed by atoms with Crippen LogP contribution in [0.4, 0.5) is 4.79 Å². The lowest BCUT2D eigenvalue weighted by atomic mass is 9.80. The lowest BCUT2D eigenvalue weighted by Gasteiger charge is -2.45. The number of carbonyl (C=O) groups excluding carboxylic acids is 2. The van der Waals surface area contributed by atoms with Gasteiger partial charge in [0.25, 0.3) is 5.91 Å². The van der Waals surface area contributed by atoms with Gasteiger partial charge in [-0.3, -0.25) is 10.2 Å². The summed E-state index contributed by atoms with van der Waals surface area (Å²) in [5.41, 5.74) is 2.43. The van der Waals surface area contributed by atoms with Gasteiger partial charge in [-0.25, -0.2) is 10.6 Å². The summed E-state index contributed by atoms with van der Waals surface area (Å²) < 4.78 is 6.02. The molecule has 3 rings (SSSR count). The number of hydrazine groups is 1. The quantitative estimate of drug-likeness (QED) is 0.384. The van der Waals surface area contributed by atoms with Gasteiger partial charge < -0.3 is 14.7 Å². The largest absolute Gasteiger partial charge is 0.438 e. The van der Waals surface area contributed by atoms with Gasteiger partial charge in [-0.1, -0.05) is 42.5 Å². The van der Waals surface area contributed by atoms with Crippen LogP contribution in [0.15, 0.2) is 54.6 Å². The number of ether oxygens (including phenoxy) is 1. The van der Waals surface area contributed by atoms with Gasteiger partial charge >= 0.3 is 6.09 Å². The number of nitrogens with two attached hydrogens (primary N) is 1. The monoisotopic (exact) mass is 411 g/mol. The minimum Gasteiger partial charge on any atom is -0.438 e. The zero-order valence-electron chi connectivity index (χ0n) is 17.6. The number of nitrogen functional groups attached to an aromatic ring is 1. The van der Waals surface area contributed by atoms with Crippen LogP contribution in [0.1, 0.15) is 61.1 Å². The van der Waals surface area contributed by atoms with Crippen molar-refractivity contribution in [1.82, 2.24) is 10.3 Å². The van der Waals surface area contributed by atoms with Gasteiger partial charge in [-0.05, 0) is 44.0 Å². The first-order valence-corrected chi connectivity index (χ1v) is 10.0. The lowest BCUT2D eigenvalue weighted by Crippen LogP contribution is -2.51. The summed E-state index contributed by atoms with van der Waals surface area (Å²) in [6.45, 7) is 5.85. The van der Waals surface area contributed by atoms with Crippen LogP contribution >= 0.6 is 0 Å². The molecule has 30 heavy (non-hydrogen) atoms. The van der Waals surface area contributed by atoms with E-state index in [1.54, 1.807) is 43.0 Å². The van der Waals surface area contributed by atoms with Crippen molar-refractivity contribution < 1.29 is 19.4 Å². The van der Waals surface area contributed by atoms with Crippen molar-refractivity contribution in [2.75, 3.05) is 6.54 Å². The van der Waals surface area contributed by atoms with E-state index >= 15 is 0 Å². The van der Waals surface area contributed by atoms with E-state index in [1.165, 1.54) is 0 Å². The van der Waals surface area contributed by atoms with Crippen LogP contribution < -0.4 is 11.3 Å². The molecule has 1 aliphatic heterocycles. The third-order valence-electron chi connectivity index (χ3n) is 5.55. The van der Waals surface area contributed by atoms with Gasteiger partial charge in [0.2, 0.25) is 0 Å². The maximum absolute atomic E-state index is 13.0. The molecular formula is C23H29N3O4. The molecule has 0 aromatic heterocycles. The van der Waals surface area contributed by atoms with Crippen LogP contribution in [0.2, 0.25) is 0 Å². The van der Waals surface area contributed by atoms with E-state index < -0.39 is 17.3 Å². The predicted molar refractivity (Wildman–Crippen MR) is 113 cm³/mol. The molecule has 1 heterocycles.